The number of esters is 3. The zero-order valence-corrected chi connectivity index (χ0v) is 47.3. The number of allylic oxidation sites excluding steroid dienone is 12. The number of carboxylic acids is 1. The number of hydrogen-bond acceptors (Lipinski definition) is 11. The van der Waals surface area contributed by atoms with Crippen molar-refractivity contribution in [3.05, 3.63) is 72.9 Å². The van der Waals surface area contributed by atoms with Crippen LogP contribution in [0.4, 0.5) is 0 Å². The molecule has 0 aliphatic carbocycles. The van der Waals surface area contributed by atoms with Gasteiger partial charge in [-0.25, -0.2) is 4.79 Å². The van der Waals surface area contributed by atoms with Gasteiger partial charge in [0.1, 0.15) is 18.8 Å². The first-order chi connectivity index (χ1) is 36.6. The zero-order chi connectivity index (χ0) is 54.7. The number of rotatable bonds is 50. The highest BCUT2D eigenvalue weighted by Crippen LogP contribution is 2.26. The Hall–Kier alpha value is -3.84. The lowest BCUT2D eigenvalue weighted by atomic mass is 9.98. The normalized spacial score (nSPS) is 18.7. The smallest absolute Gasteiger partial charge is 0.335 e. The number of carboxylic acid groups (broad SMARTS) is 1. The maximum absolute atomic E-state index is 13.1. The molecule has 3 N–H and O–H groups in total. The maximum Gasteiger partial charge on any atom is 0.335 e. The first-order valence-electron chi connectivity index (χ1n) is 29.9. The van der Waals surface area contributed by atoms with Crippen LogP contribution in [-0.4, -0.2) is 89.2 Å². The lowest BCUT2D eigenvalue weighted by Gasteiger charge is -2.40. The average Bonchev–Trinajstić information content (AvgIpc) is 3.39. The third-order valence-electron chi connectivity index (χ3n) is 13.2. The molecule has 0 spiro atoms. The minimum Gasteiger partial charge on any atom is -0.479 e. The van der Waals surface area contributed by atoms with Crippen LogP contribution in [0.2, 0.25) is 0 Å². The predicted octanol–water partition coefficient (Wildman–Crippen LogP) is 15.3. The molecule has 1 aliphatic heterocycles. The van der Waals surface area contributed by atoms with Gasteiger partial charge in [-0.05, 0) is 109 Å². The molecule has 75 heavy (non-hydrogen) atoms. The average molecular weight is 1060 g/mol. The van der Waals surface area contributed by atoms with Crippen molar-refractivity contribution in [2.24, 2.45) is 0 Å². The van der Waals surface area contributed by atoms with Gasteiger partial charge in [-0.3, -0.25) is 14.4 Å². The highest BCUT2D eigenvalue weighted by atomic mass is 16.7. The molecule has 1 aliphatic rings. The second kappa shape index (κ2) is 50.9. The summed E-state index contributed by atoms with van der Waals surface area (Å²) in [6, 6.07) is 0. The fourth-order valence-corrected chi connectivity index (χ4v) is 8.64. The fourth-order valence-electron chi connectivity index (χ4n) is 8.64. The van der Waals surface area contributed by atoms with Crippen LogP contribution in [0.15, 0.2) is 72.9 Å². The molecule has 1 saturated heterocycles. The number of aliphatic hydroxyl groups excluding tert-OH is 2. The van der Waals surface area contributed by atoms with Gasteiger partial charge in [0.15, 0.2) is 24.6 Å². The van der Waals surface area contributed by atoms with Crippen LogP contribution in [-0.2, 0) is 42.9 Å². The largest absolute Gasteiger partial charge is 0.479 e. The summed E-state index contributed by atoms with van der Waals surface area (Å²) in [5, 5.41) is 31.5. The highest BCUT2D eigenvalue weighted by molar-refractivity contribution is 5.74. The Morgan fingerprint density at radius 3 is 1.32 bits per heavy atom. The minimum absolute atomic E-state index is 0.0457. The standard InChI is InChI=1S/C63H106O12/c1-4-7-10-13-16-19-22-25-28-31-34-37-40-43-46-49-55(64)71-52-54(73-56(65)50-47-44-41-38-35-32-29-26-23-20-17-14-11-8-5-2)53-72-63-61(59(68)58(67)60(75-63)62(69)70)74-57(66)51-48-45-42-39-36-33-30-27-24-21-18-15-12-9-6-3/h7,10,16-17,19-20,25-30,54,58-61,63,67-68H,4-6,8-9,11-15,18,21-24,31-53H2,1-3H3,(H,69,70)/b10-7-,19-16-,20-17-,28-25-,29-26-,30-27-. The number of aliphatic hydroxyl groups is 2. The quantitative estimate of drug-likeness (QED) is 0.0228. The predicted molar refractivity (Wildman–Crippen MR) is 303 cm³/mol. The summed E-state index contributed by atoms with van der Waals surface area (Å²) >= 11 is 0. The minimum atomic E-state index is -1.91. The number of aliphatic carboxylic acids is 1. The van der Waals surface area contributed by atoms with Gasteiger partial charge in [0.05, 0.1) is 6.61 Å². The maximum atomic E-state index is 13.1. The molecule has 0 amide bonds. The summed E-state index contributed by atoms with van der Waals surface area (Å²) in [4.78, 5) is 51.1. The van der Waals surface area contributed by atoms with E-state index in [1.165, 1.54) is 57.8 Å². The van der Waals surface area contributed by atoms with Crippen LogP contribution in [0.3, 0.4) is 0 Å². The Bertz CT molecular complexity index is 1580. The van der Waals surface area contributed by atoms with Gasteiger partial charge in [0.25, 0.3) is 0 Å². The molecule has 0 aromatic heterocycles. The second-order valence-electron chi connectivity index (χ2n) is 20.2. The van der Waals surface area contributed by atoms with Crippen LogP contribution in [0.5, 0.6) is 0 Å². The van der Waals surface area contributed by atoms with Crippen LogP contribution in [0, 0.1) is 0 Å². The summed E-state index contributed by atoms with van der Waals surface area (Å²) in [5.41, 5.74) is 0. The van der Waals surface area contributed by atoms with Gasteiger partial charge in [-0.2, -0.15) is 0 Å². The van der Waals surface area contributed by atoms with Crippen LogP contribution in [0.25, 0.3) is 0 Å². The van der Waals surface area contributed by atoms with Gasteiger partial charge in [-0.1, -0.05) is 196 Å². The van der Waals surface area contributed by atoms with E-state index in [1.807, 2.05) is 0 Å². The second-order valence-corrected chi connectivity index (χ2v) is 20.2. The molecule has 0 saturated carbocycles. The molecule has 12 nitrogen and oxygen atoms in total. The first-order valence-corrected chi connectivity index (χ1v) is 29.9. The summed E-state index contributed by atoms with van der Waals surface area (Å²) in [6.07, 6.45) is 51.5. The monoisotopic (exact) mass is 1050 g/mol. The van der Waals surface area contributed by atoms with Gasteiger partial charge >= 0.3 is 23.9 Å². The van der Waals surface area contributed by atoms with E-state index < -0.39 is 67.3 Å². The van der Waals surface area contributed by atoms with E-state index in [2.05, 4.69) is 93.7 Å². The highest BCUT2D eigenvalue weighted by Gasteiger charge is 2.50. The molecule has 1 rings (SSSR count). The molecule has 0 bridgehead atoms. The van der Waals surface area contributed by atoms with Crippen molar-refractivity contribution in [2.45, 2.75) is 289 Å². The number of carbonyl (C=O) groups excluding carboxylic acids is 3. The van der Waals surface area contributed by atoms with Crippen LogP contribution < -0.4 is 0 Å². The van der Waals surface area contributed by atoms with Crippen molar-refractivity contribution in [3.63, 3.8) is 0 Å². The van der Waals surface area contributed by atoms with Crippen LogP contribution >= 0.6 is 0 Å². The third kappa shape index (κ3) is 41.0. The molecule has 6 atom stereocenters. The molecular formula is C63H106O12. The van der Waals surface area contributed by atoms with E-state index in [0.29, 0.717) is 19.3 Å². The van der Waals surface area contributed by atoms with Gasteiger partial charge < -0.3 is 39.0 Å². The van der Waals surface area contributed by atoms with E-state index in [-0.39, 0.29) is 25.9 Å². The molecule has 0 aromatic carbocycles. The van der Waals surface area contributed by atoms with Gasteiger partial charge in [-0.15, -0.1) is 0 Å². The topological polar surface area (TPSA) is 175 Å². The molecule has 0 aromatic rings. The third-order valence-corrected chi connectivity index (χ3v) is 13.2. The zero-order valence-electron chi connectivity index (χ0n) is 47.3. The van der Waals surface area contributed by atoms with E-state index in [1.54, 1.807) is 0 Å². The van der Waals surface area contributed by atoms with Crippen molar-refractivity contribution >= 4 is 23.9 Å². The fraction of sp³-hybridized carbons (Fsp3) is 0.746. The Balaban J connectivity index is 2.72. The first kappa shape index (κ1) is 69.2. The van der Waals surface area contributed by atoms with E-state index in [9.17, 15) is 34.5 Å². The van der Waals surface area contributed by atoms with E-state index in [0.717, 1.165) is 135 Å². The molecule has 1 fully saturated rings. The Morgan fingerprint density at radius 1 is 0.453 bits per heavy atom. The molecule has 430 valence electrons. The Labute approximate surface area is 455 Å². The summed E-state index contributed by atoms with van der Waals surface area (Å²) in [5.74, 6) is -3.17. The van der Waals surface area contributed by atoms with Crippen LogP contribution in [0.1, 0.15) is 252 Å². The molecule has 6 unspecified atom stereocenters. The molecule has 0 radical (unpaired) electrons. The van der Waals surface area contributed by atoms with Gasteiger partial charge in [0, 0.05) is 19.3 Å². The molecule has 1 heterocycles. The van der Waals surface area contributed by atoms with E-state index in [4.69, 9.17) is 23.7 Å². The van der Waals surface area contributed by atoms with Gasteiger partial charge in [0.2, 0.25) is 0 Å². The lowest BCUT2D eigenvalue weighted by molar-refractivity contribution is -0.301. The number of carbonyl (C=O) groups is 4. The SMILES string of the molecule is CC/C=C\C/C=C\C/C=C\CCCCCCCC(=O)OCC(COC1OC(C(=O)O)C(O)C(O)C1OC(=O)CCCCCCC/C=C\CCCCCCCC)OC(=O)CCCCCCC/C=C\C/C=C\CCCCC. The van der Waals surface area contributed by atoms with Crippen molar-refractivity contribution in [2.75, 3.05) is 13.2 Å². The summed E-state index contributed by atoms with van der Waals surface area (Å²) in [6.45, 7) is 5.82. The lowest BCUT2D eigenvalue weighted by Crippen LogP contribution is -2.61. The summed E-state index contributed by atoms with van der Waals surface area (Å²) in [7, 11) is 0. The molecular weight excluding hydrogens is 949 g/mol. The van der Waals surface area contributed by atoms with Crippen molar-refractivity contribution < 1.29 is 58.2 Å². The van der Waals surface area contributed by atoms with Crippen molar-refractivity contribution in [3.8, 4) is 0 Å². The Morgan fingerprint density at radius 2 is 0.840 bits per heavy atom. The van der Waals surface area contributed by atoms with Crippen molar-refractivity contribution in [1.29, 1.82) is 0 Å². The number of ether oxygens (including phenoxy) is 5. The Kier molecular flexibility index (Phi) is 47.0. The van der Waals surface area contributed by atoms with Crippen molar-refractivity contribution in [1.82, 2.24) is 0 Å². The van der Waals surface area contributed by atoms with E-state index >= 15 is 0 Å². The number of unbranched alkanes of at least 4 members (excludes halogenated alkanes) is 24. The number of hydrogen-bond donors (Lipinski definition) is 3. The summed E-state index contributed by atoms with van der Waals surface area (Å²) < 4.78 is 28.4. The molecule has 12 heteroatoms.